The van der Waals surface area contributed by atoms with Crippen LogP contribution in [-0.4, -0.2) is 11.1 Å². The van der Waals surface area contributed by atoms with Crippen molar-refractivity contribution in [3.8, 4) is 0 Å². The summed E-state index contributed by atoms with van der Waals surface area (Å²) < 4.78 is 0. The first kappa shape index (κ1) is 9.73. The lowest BCUT2D eigenvalue weighted by molar-refractivity contribution is -0.133. The molecule has 1 atom stereocenters. The van der Waals surface area contributed by atoms with Crippen molar-refractivity contribution in [2.24, 2.45) is 0 Å². The molecular formula is C11H11NO3. The van der Waals surface area contributed by atoms with Crippen LogP contribution in [0, 0.1) is 0 Å². The molecule has 1 unspecified atom stereocenters. The van der Waals surface area contributed by atoms with Crippen molar-refractivity contribution in [1.29, 1.82) is 0 Å². The Hall–Kier alpha value is -1.81. The first-order chi connectivity index (χ1) is 7.20. The Labute approximate surface area is 87.1 Å². The van der Waals surface area contributed by atoms with E-state index in [9.17, 15) is 4.79 Å². The van der Waals surface area contributed by atoms with Gasteiger partial charge in [0.2, 0.25) is 0 Å². The van der Waals surface area contributed by atoms with E-state index < -0.39 is 5.97 Å². The van der Waals surface area contributed by atoms with Gasteiger partial charge in [0.25, 0.3) is 0 Å². The summed E-state index contributed by atoms with van der Waals surface area (Å²) in [5, 5.41) is 9.04. The number of aliphatic carboxylic acids is 1. The van der Waals surface area contributed by atoms with E-state index in [1.807, 2.05) is 30.3 Å². The van der Waals surface area contributed by atoms with Crippen molar-refractivity contribution in [2.75, 3.05) is 0 Å². The van der Waals surface area contributed by atoms with E-state index in [4.69, 9.17) is 9.94 Å². The standard InChI is InChI=1S/C11H11NO3/c1-7-9(11(13)14)10(12-15-7)8-5-3-2-4-6-8/h2-6,10,12H,1H3,(H,13,14). The number of benzene rings is 1. The van der Waals surface area contributed by atoms with Gasteiger partial charge in [0.15, 0.2) is 0 Å². The smallest absolute Gasteiger partial charge is 0.337 e. The average Bonchev–Trinajstić information content (AvgIpc) is 2.61. The Kier molecular flexibility index (Phi) is 2.43. The third-order valence-electron chi connectivity index (χ3n) is 2.36. The quantitative estimate of drug-likeness (QED) is 0.770. The molecule has 4 heteroatoms. The molecule has 1 aliphatic rings. The van der Waals surface area contributed by atoms with Crippen molar-refractivity contribution in [2.45, 2.75) is 13.0 Å². The summed E-state index contributed by atoms with van der Waals surface area (Å²) in [5.41, 5.74) is 3.85. The minimum absolute atomic E-state index is 0.265. The molecule has 4 nitrogen and oxygen atoms in total. The van der Waals surface area contributed by atoms with Gasteiger partial charge in [-0.2, -0.15) is 0 Å². The van der Waals surface area contributed by atoms with Gasteiger partial charge in [0.05, 0.1) is 0 Å². The highest BCUT2D eigenvalue weighted by atomic mass is 16.7. The van der Waals surface area contributed by atoms with Crippen LogP contribution in [0.25, 0.3) is 0 Å². The number of hydrogen-bond acceptors (Lipinski definition) is 3. The van der Waals surface area contributed by atoms with Crippen LogP contribution >= 0.6 is 0 Å². The normalized spacial score (nSPS) is 20.2. The summed E-state index contributed by atoms with van der Waals surface area (Å²) in [6, 6.07) is 8.96. The number of hydrogen-bond donors (Lipinski definition) is 2. The van der Waals surface area contributed by atoms with E-state index in [1.54, 1.807) is 6.92 Å². The number of carbonyl (C=O) groups is 1. The second kappa shape index (κ2) is 3.74. The van der Waals surface area contributed by atoms with Gasteiger partial charge < -0.3 is 9.94 Å². The first-order valence-electron chi connectivity index (χ1n) is 4.61. The second-order valence-corrected chi connectivity index (χ2v) is 3.34. The fourth-order valence-corrected chi connectivity index (χ4v) is 1.62. The van der Waals surface area contributed by atoms with E-state index in [0.717, 1.165) is 5.56 Å². The molecule has 1 aromatic carbocycles. The zero-order valence-electron chi connectivity index (χ0n) is 8.23. The minimum Gasteiger partial charge on any atom is -0.478 e. The fourth-order valence-electron chi connectivity index (χ4n) is 1.62. The third kappa shape index (κ3) is 1.71. The molecule has 0 saturated heterocycles. The van der Waals surface area contributed by atoms with E-state index in [0.29, 0.717) is 5.76 Å². The molecule has 0 radical (unpaired) electrons. The lowest BCUT2D eigenvalue weighted by Gasteiger charge is -2.10. The molecule has 0 saturated carbocycles. The van der Waals surface area contributed by atoms with E-state index in [-0.39, 0.29) is 11.6 Å². The fraction of sp³-hybridized carbons (Fsp3) is 0.182. The van der Waals surface area contributed by atoms with Gasteiger partial charge in [0, 0.05) is 0 Å². The molecule has 15 heavy (non-hydrogen) atoms. The van der Waals surface area contributed by atoms with Crippen LogP contribution in [-0.2, 0) is 9.63 Å². The molecule has 1 aromatic rings. The van der Waals surface area contributed by atoms with Gasteiger partial charge in [-0.25, -0.2) is 4.79 Å². The van der Waals surface area contributed by atoms with Crippen LogP contribution < -0.4 is 5.48 Å². The summed E-state index contributed by atoms with van der Waals surface area (Å²) in [6.07, 6.45) is 0. The van der Waals surface area contributed by atoms with Crippen molar-refractivity contribution >= 4 is 5.97 Å². The Morgan fingerprint density at radius 2 is 2.07 bits per heavy atom. The van der Waals surface area contributed by atoms with E-state index >= 15 is 0 Å². The maximum absolute atomic E-state index is 11.0. The van der Waals surface area contributed by atoms with Gasteiger partial charge in [-0.1, -0.05) is 30.3 Å². The second-order valence-electron chi connectivity index (χ2n) is 3.34. The number of hydroxylamine groups is 1. The zero-order valence-corrected chi connectivity index (χ0v) is 8.23. The average molecular weight is 205 g/mol. The molecule has 0 fully saturated rings. The molecule has 78 valence electrons. The molecule has 2 N–H and O–H groups in total. The summed E-state index contributed by atoms with van der Waals surface area (Å²) in [6.45, 7) is 1.64. The number of allylic oxidation sites excluding steroid dienone is 1. The van der Waals surface area contributed by atoms with Gasteiger partial charge >= 0.3 is 5.97 Å². The highest BCUT2D eigenvalue weighted by Crippen LogP contribution is 2.29. The summed E-state index contributed by atoms with van der Waals surface area (Å²) in [5.74, 6) is -0.539. The predicted octanol–water partition coefficient (Wildman–Crippen LogP) is 1.62. The summed E-state index contributed by atoms with van der Waals surface area (Å²) in [7, 11) is 0. The maximum atomic E-state index is 11.0. The van der Waals surface area contributed by atoms with Crippen molar-refractivity contribution < 1.29 is 14.7 Å². The topological polar surface area (TPSA) is 58.6 Å². The van der Waals surface area contributed by atoms with Gasteiger partial charge in [-0.05, 0) is 12.5 Å². The van der Waals surface area contributed by atoms with Crippen LogP contribution in [0.2, 0.25) is 0 Å². The molecule has 0 aromatic heterocycles. The monoisotopic (exact) mass is 205 g/mol. The zero-order chi connectivity index (χ0) is 10.8. The highest BCUT2D eigenvalue weighted by Gasteiger charge is 2.31. The SMILES string of the molecule is CC1=C(C(=O)O)C(c2ccccc2)NO1. The molecular weight excluding hydrogens is 194 g/mol. The largest absolute Gasteiger partial charge is 0.478 e. The van der Waals surface area contributed by atoms with Gasteiger partial charge in [0.1, 0.15) is 17.4 Å². The van der Waals surface area contributed by atoms with Crippen molar-refractivity contribution in [3.05, 3.63) is 47.2 Å². The van der Waals surface area contributed by atoms with Crippen molar-refractivity contribution in [3.63, 3.8) is 0 Å². The lowest BCUT2D eigenvalue weighted by Crippen LogP contribution is -2.18. The summed E-state index contributed by atoms with van der Waals surface area (Å²) in [4.78, 5) is 16.1. The Morgan fingerprint density at radius 1 is 1.40 bits per heavy atom. The minimum atomic E-state index is -0.952. The molecule has 1 heterocycles. The predicted molar refractivity (Wildman–Crippen MR) is 53.7 cm³/mol. The lowest BCUT2D eigenvalue weighted by atomic mass is 9.99. The van der Waals surface area contributed by atoms with Crippen LogP contribution in [0.15, 0.2) is 41.7 Å². The van der Waals surface area contributed by atoms with Gasteiger partial charge in [-0.3, -0.25) is 0 Å². The van der Waals surface area contributed by atoms with Gasteiger partial charge in [-0.15, -0.1) is 5.48 Å². The molecule has 0 bridgehead atoms. The summed E-state index contributed by atoms with van der Waals surface area (Å²) >= 11 is 0. The molecule has 0 spiro atoms. The van der Waals surface area contributed by atoms with E-state index in [2.05, 4.69) is 5.48 Å². The van der Waals surface area contributed by atoms with E-state index in [1.165, 1.54) is 0 Å². The Balaban J connectivity index is 2.37. The Morgan fingerprint density at radius 3 is 2.67 bits per heavy atom. The van der Waals surface area contributed by atoms with Crippen LogP contribution in [0.4, 0.5) is 0 Å². The number of rotatable bonds is 2. The molecule has 0 aliphatic carbocycles. The molecule has 2 rings (SSSR count). The third-order valence-corrected chi connectivity index (χ3v) is 2.36. The first-order valence-corrected chi connectivity index (χ1v) is 4.61. The molecule has 0 amide bonds. The number of carboxylic acids is 1. The number of carboxylic acid groups (broad SMARTS) is 1. The molecule has 1 aliphatic heterocycles. The van der Waals surface area contributed by atoms with Crippen LogP contribution in [0.3, 0.4) is 0 Å². The van der Waals surface area contributed by atoms with Crippen molar-refractivity contribution in [1.82, 2.24) is 5.48 Å². The Bertz CT molecular complexity index is 411. The number of nitrogens with one attached hydrogen (secondary N) is 1. The van der Waals surface area contributed by atoms with Crippen LogP contribution in [0.5, 0.6) is 0 Å². The highest BCUT2D eigenvalue weighted by molar-refractivity contribution is 5.89. The maximum Gasteiger partial charge on any atom is 0.337 e. The van der Waals surface area contributed by atoms with Crippen LogP contribution in [0.1, 0.15) is 18.5 Å².